The predicted molar refractivity (Wildman–Crippen MR) is 79.2 cm³/mol. The number of nitrogens with one attached hydrogen (secondary N) is 1. The Balaban J connectivity index is 1.84. The van der Waals surface area contributed by atoms with E-state index in [2.05, 4.69) is 19.6 Å². The zero-order chi connectivity index (χ0) is 19.1. The lowest BCUT2D eigenvalue weighted by molar-refractivity contribution is -0.155. The SMILES string of the molecule is Cc1cc(CNS(=O)(=O)c2cc(-c3cc(C(F)(F)F)on3)oc2C)no1. The van der Waals surface area contributed by atoms with Crippen LogP contribution in [-0.2, 0) is 22.7 Å². The highest BCUT2D eigenvalue weighted by molar-refractivity contribution is 7.89. The number of alkyl halides is 3. The van der Waals surface area contributed by atoms with Crippen molar-refractivity contribution in [1.29, 1.82) is 0 Å². The fraction of sp³-hybridized carbons (Fsp3) is 0.286. The van der Waals surface area contributed by atoms with Crippen molar-refractivity contribution in [2.75, 3.05) is 0 Å². The number of nitrogens with zero attached hydrogens (tertiary/aromatic N) is 2. The second-order valence-corrected chi connectivity index (χ2v) is 7.09. The summed E-state index contributed by atoms with van der Waals surface area (Å²) in [5.41, 5.74) is 0.104. The number of aryl methyl sites for hydroxylation is 2. The van der Waals surface area contributed by atoms with Gasteiger partial charge in [0.05, 0.1) is 12.2 Å². The minimum absolute atomic E-state index is 0.0135. The highest BCUT2D eigenvalue weighted by Gasteiger charge is 2.36. The number of aromatic nitrogens is 2. The van der Waals surface area contributed by atoms with Crippen molar-refractivity contribution in [3.05, 3.63) is 41.2 Å². The molecule has 140 valence electrons. The monoisotopic (exact) mass is 391 g/mol. The summed E-state index contributed by atoms with van der Waals surface area (Å²) < 4.78 is 79.1. The molecule has 0 spiro atoms. The molecule has 0 saturated heterocycles. The van der Waals surface area contributed by atoms with Gasteiger partial charge in [-0.25, -0.2) is 13.1 Å². The van der Waals surface area contributed by atoms with Gasteiger partial charge < -0.3 is 13.5 Å². The number of furan rings is 1. The first-order valence-corrected chi connectivity index (χ1v) is 8.61. The molecular formula is C14H12F3N3O5S. The summed E-state index contributed by atoms with van der Waals surface area (Å²) in [6.07, 6.45) is -4.71. The maximum Gasteiger partial charge on any atom is 0.452 e. The Kier molecular flexibility index (Phi) is 4.40. The van der Waals surface area contributed by atoms with Crippen molar-refractivity contribution >= 4 is 10.0 Å². The summed E-state index contributed by atoms with van der Waals surface area (Å²) in [5, 5.41) is 6.92. The maximum absolute atomic E-state index is 12.6. The van der Waals surface area contributed by atoms with Crippen LogP contribution in [0.1, 0.15) is 23.0 Å². The van der Waals surface area contributed by atoms with Gasteiger partial charge in [-0.2, -0.15) is 13.2 Å². The number of rotatable bonds is 5. The zero-order valence-corrected chi connectivity index (χ0v) is 14.2. The molecule has 3 rings (SSSR count). The molecule has 0 saturated carbocycles. The molecule has 1 N–H and O–H groups in total. The Morgan fingerprint density at radius 1 is 1.12 bits per heavy atom. The third-order valence-corrected chi connectivity index (χ3v) is 4.83. The topological polar surface area (TPSA) is 111 Å². The summed E-state index contributed by atoms with van der Waals surface area (Å²) >= 11 is 0. The van der Waals surface area contributed by atoms with Gasteiger partial charge >= 0.3 is 6.18 Å². The van der Waals surface area contributed by atoms with Crippen LogP contribution in [0.5, 0.6) is 0 Å². The van der Waals surface area contributed by atoms with E-state index in [1.165, 1.54) is 6.92 Å². The highest BCUT2D eigenvalue weighted by atomic mass is 32.2. The largest absolute Gasteiger partial charge is 0.458 e. The minimum Gasteiger partial charge on any atom is -0.458 e. The number of halogens is 3. The van der Waals surface area contributed by atoms with Crippen molar-refractivity contribution < 1.29 is 35.1 Å². The average Bonchev–Trinajstić information content (AvgIpc) is 3.23. The van der Waals surface area contributed by atoms with E-state index in [0.717, 1.165) is 6.07 Å². The first-order valence-electron chi connectivity index (χ1n) is 7.13. The van der Waals surface area contributed by atoms with Gasteiger partial charge in [0.2, 0.25) is 15.8 Å². The van der Waals surface area contributed by atoms with Gasteiger partial charge in [-0.3, -0.25) is 0 Å². The molecule has 26 heavy (non-hydrogen) atoms. The minimum atomic E-state index is -4.71. The van der Waals surface area contributed by atoms with Gasteiger partial charge in [0.25, 0.3) is 0 Å². The smallest absolute Gasteiger partial charge is 0.452 e. The molecule has 0 bridgehead atoms. The molecule has 0 aliphatic rings. The van der Waals surface area contributed by atoms with Crippen molar-refractivity contribution in [3.63, 3.8) is 0 Å². The quantitative estimate of drug-likeness (QED) is 0.711. The van der Waals surface area contributed by atoms with Gasteiger partial charge in [-0.15, -0.1) is 0 Å². The Hall–Kier alpha value is -2.60. The first kappa shape index (κ1) is 18.2. The summed E-state index contributed by atoms with van der Waals surface area (Å²) in [6, 6.07) is 3.26. The van der Waals surface area contributed by atoms with Crippen LogP contribution in [0.2, 0.25) is 0 Å². The summed E-state index contributed by atoms with van der Waals surface area (Å²) in [4.78, 5) is -0.232. The van der Waals surface area contributed by atoms with Crippen LogP contribution in [-0.4, -0.2) is 18.7 Å². The fourth-order valence-corrected chi connectivity index (χ4v) is 3.31. The molecule has 0 aliphatic heterocycles. The molecule has 12 heteroatoms. The molecule has 0 fully saturated rings. The molecule has 3 aromatic heterocycles. The third-order valence-electron chi connectivity index (χ3n) is 3.32. The van der Waals surface area contributed by atoms with E-state index in [1.54, 1.807) is 13.0 Å². The van der Waals surface area contributed by atoms with E-state index in [4.69, 9.17) is 8.94 Å². The summed E-state index contributed by atoms with van der Waals surface area (Å²) in [5.74, 6) is -0.974. The lowest BCUT2D eigenvalue weighted by Crippen LogP contribution is -2.23. The Bertz CT molecular complexity index is 1030. The predicted octanol–water partition coefficient (Wildman–Crippen LogP) is 3.04. The third kappa shape index (κ3) is 3.65. The van der Waals surface area contributed by atoms with E-state index in [9.17, 15) is 21.6 Å². The number of hydrogen-bond acceptors (Lipinski definition) is 7. The standard InChI is InChI=1S/C14H12F3N3O5S/c1-7-3-9(19-24-7)6-18-26(21,22)12-5-11(23-8(12)2)10-4-13(25-20-10)14(15,16)17/h3-5,18H,6H2,1-2H3. The Labute approximate surface area is 145 Å². The molecule has 0 aromatic carbocycles. The highest BCUT2D eigenvalue weighted by Crippen LogP contribution is 2.34. The zero-order valence-electron chi connectivity index (χ0n) is 13.4. The van der Waals surface area contributed by atoms with E-state index in [0.29, 0.717) is 17.5 Å². The summed E-state index contributed by atoms with van der Waals surface area (Å²) in [7, 11) is -3.99. The van der Waals surface area contributed by atoms with Gasteiger partial charge in [0.1, 0.15) is 22.1 Å². The average molecular weight is 391 g/mol. The fourth-order valence-electron chi connectivity index (χ4n) is 2.13. The van der Waals surface area contributed by atoms with Gasteiger partial charge in [-0.05, 0) is 13.8 Å². The van der Waals surface area contributed by atoms with Gasteiger partial charge in [-0.1, -0.05) is 10.3 Å². The van der Waals surface area contributed by atoms with Gasteiger partial charge in [0, 0.05) is 18.2 Å². The molecule has 3 heterocycles. The lowest BCUT2D eigenvalue weighted by Gasteiger charge is -2.02. The van der Waals surface area contributed by atoms with Crippen molar-refractivity contribution in [1.82, 2.24) is 15.0 Å². The van der Waals surface area contributed by atoms with Crippen LogP contribution >= 0.6 is 0 Å². The molecule has 0 radical (unpaired) electrons. The molecule has 0 aliphatic carbocycles. The van der Waals surface area contributed by atoms with E-state index in [1.807, 2.05) is 0 Å². The van der Waals surface area contributed by atoms with Crippen LogP contribution in [0.15, 0.2) is 36.6 Å². The number of hydrogen-bond donors (Lipinski definition) is 1. The Morgan fingerprint density at radius 2 is 1.85 bits per heavy atom. The van der Waals surface area contributed by atoms with Crippen LogP contribution in [0.3, 0.4) is 0 Å². The first-order chi connectivity index (χ1) is 12.1. The van der Waals surface area contributed by atoms with Crippen molar-refractivity contribution in [3.8, 4) is 11.5 Å². The normalized spacial score (nSPS) is 12.7. The second kappa shape index (κ2) is 6.29. The van der Waals surface area contributed by atoms with E-state index in [-0.39, 0.29) is 28.7 Å². The maximum atomic E-state index is 12.6. The molecule has 0 unspecified atom stereocenters. The van der Waals surface area contributed by atoms with Crippen molar-refractivity contribution in [2.24, 2.45) is 0 Å². The lowest BCUT2D eigenvalue weighted by atomic mass is 10.3. The summed E-state index contributed by atoms with van der Waals surface area (Å²) in [6.45, 7) is 2.90. The molecule has 8 nitrogen and oxygen atoms in total. The van der Waals surface area contributed by atoms with Crippen LogP contribution in [0, 0.1) is 13.8 Å². The van der Waals surface area contributed by atoms with Crippen molar-refractivity contribution in [2.45, 2.75) is 31.5 Å². The molecular weight excluding hydrogens is 379 g/mol. The van der Waals surface area contributed by atoms with Crippen LogP contribution < -0.4 is 4.72 Å². The molecule has 3 aromatic rings. The van der Waals surface area contributed by atoms with Crippen LogP contribution in [0.25, 0.3) is 11.5 Å². The second-order valence-electron chi connectivity index (χ2n) is 5.36. The number of sulfonamides is 1. The molecule has 0 amide bonds. The van der Waals surface area contributed by atoms with E-state index >= 15 is 0 Å². The van der Waals surface area contributed by atoms with Gasteiger partial charge in [0.15, 0.2) is 5.76 Å². The molecule has 0 atom stereocenters. The Morgan fingerprint density at radius 3 is 2.42 bits per heavy atom. The van der Waals surface area contributed by atoms with E-state index < -0.39 is 22.0 Å². The van der Waals surface area contributed by atoms with Crippen LogP contribution in [0.4, 0.5) is 13.2 Å².